The third-order valence-electron chi connectivity index (χ3n) is 3.96. The molecule has 1 heterocycles. The first kappa shape index (κ1) is 16.1. The van der Waals surface area contributed by atoms with Crippen LogP contribution in [0.4, 0.5) is 5.69 Å². The van der Waals surface area contributed by atoms with Gasteiger partial charge < -0.3 is 9.47 Å². The molecule has 2 rings (SSSR count). The SMILES string of the molecule is CC(C)c1cn(C)c2cc(N(C)CCC(=O)NC=O)ccc12. The number of rotatable bonds is 6. The third-order valence-corrected chi connectivity index (χ3v) is 3.96. The second kappa shape index (κ2) is 6.64. The number of aromatic nitrogens is 1. The van der Waals surface area contributed by atoms with Crippen molar-refractivity contribution in [2.45, 2.75) is 26.2 Å². The van der Waals surface area contributed by atoms with E-state index in [1.807, 2.05) is 11.9 Å². The number of benzene rings is 1. The number of imide groups is 1. The zero-order valence-corrected chi connectivity index (χ0v) is 13.6. The van der Waals surface area contributed by atoms with E-state index in [1.165, 1.54) is 16.5 Å². The van der Waals surface area contributed by atoms with Crippen molar-refractivity contribution < 1.29 is 9.59 Å². The van der Waals surface area contributed by atoms with Gasteiger partial charge in [0.25, 0.3) is 0 Å². The van der Waals surface area contributed by atoms with Crippen LogP contribution >= 0.6 is 0 Å². The van der Waals surface area contributed by atoms with Gasteiger partial charge in [-0.2, -0.15) is 0 Å². The fraction of sp³-hybridized carbons (Fsp3) is 0.412. The lowest BCUT2D eigenvalue weighted by molar-refractivity contribution is -0.125. The standard InChI is InChI=1S/C17H23N3O2/c1-12(2)15-10-20(4)16-9-13(5-6-14(15)16)19(3)8-7-17(22)18-11-21/h5-6,9-12H,7-8H2,1-4H3,(H,18,21,22). The Hall–Kier alpha value is -2.30. The molecule has 0 saturated heterocycles. The first-order valence-corrected chi connectivity index (χ1v) is 7.47. The summed E-state index contributed by atoms with van der Waals surface area (Å²) in [5, 5.41) is 3.43. The zero-order chi connectivity index (χ0) is 16.3. The van der Waals surface area contributed by atoms with E-state index in [-0.39, 0.29) is 12.3 Å². The lowest BCUT2D eigenvalue weighted by atomic mass is 10.0. The lowest BCUT2D eigenvalue weighted by Gasteiger charge is -2.19. The van der Waals surface area contributed by atoms with E-state index < -0.39 is 0 Å². The summed E-state index contributed by atoms with van der Waals surface area (Å²) in [6, 6.07) is 6.35. The van der Waals surface area contributed by atoms with Gasteiger partial charge in [0.05, 0.1) is 5.52 Å². The average Bonchev–Trinajstić information content (AvgIpc) is 2.82. The molecule has 0 atom stereocenters. The van der Waals surface area contributed by atoms with E-state index in [4.69, 9.17) is 0 Å². The normalized spacial score (nSPS) is 11.0. The van der Waals surface area contributed by atoms with Gasteiger partial charge >= 0.3 is 0 Å². The van der Waals surface area contributed by atoms with E-state index in [2.05, 4.69) is 55.2 Å². The minimum absolute atomic E-state index is 0.260. The van der Waals surface area contributed by atoms with E-state index in [9.17, 15) is 9.59 Å². The number of anilines is 1. The number of amides is 2. The van der Waals surface area contributed by atoms with Crippen molar-refractivity contribution in [3.63, 3.8) is 0 Å². The largest absolute Gasteiger partial charge is 0.374 e. The molecule has 0 fully saturated rings. The summed E-state index contributed by atoms with van der Waals surface area (Å²) in [6.45, 7) is 4.95. The van der Waals surface area contributed by atoms with Crippen molar-refractivity contribution in [2.24, 2.45) is 7.05 Å². The second-order valence-corrected chi connectivity index (χ2v) is 5.91. The summed E-state index contributed by atoms with van der Waals surface area (Å²) >= 11 is 0. The molecular weight excluding hydrogens is 278 g/mol. The molecule has 2 amide bonds. The highest BCUT2D eigenvalue weighted by molar-refractivity contribution is 5.88. The Morgan fingerprint density at radius 2 is 2.14 bits per heavy atom. The van der Waals surface area contributed by atoms with Gasteiger partial charge in [-0.05, 0) is 23.6 Å². The molecule has 1 N–H and O–H groups in total. The van der Waals surface area contributed by atoms with E-state index >= 15 is 0 Å². The molecule has 1 aromatic heterocycles. The number of hydrogen-bond acceptors (Lipinski definition) is 3. The highest BCUT2D eigenvalue weighted by Crippen LogP contribution is 2.29. The maximum atomic E-state index is 11.4. The van der Waals surface area contributed by atoms with Crippen LogP contribution in [0, 0.1) is 0 Å². The highest BCUT2D eigenvalue weighted by Gasteiger charge is 2.12. The van der Waals surface area contributed by atoms with Crippen LogP contribution in [0.25, 0.3) is 10.9 Å². The summed E-state index contributed by atoms with van der Waals surface area (Å²) in [5.74, 6) is 0.225. The number of aryl methyl sites for hydroxylation is 1. The lowest BCUT2D eigenvalue weighted by Crippen LogP contribution is -2.27. The Kier molecular flexibility index (Phi) is 4.85. The Bertz CT molecular complexity index is 689. The molecule has 5 heteroatoms. The number of nitrogens with zero attached hydrogens (tertiary/aromatic N) is 2. The molecule has 0 spiro atoms. The Morgan fingerprint density at radius 1 is 1.41 bits per heavy atom. The highest BCUT2D eigenvalue weighted by atomic mass is 16.2. The van der Waals surface area contributed by atoms with Gasteiger partial charge in [0.2, 0.25) is 12.3 Å². The van der Waals surface area contributed by atoms with Gasteiger partial charge in [-0.3, -0.25) is 14.9 Å². The summed E-state index contributed by atoms with van der Waals surface area (Å²) in [4.78, 5) is 23.6. The van der Waals surface area contributed by atoms with Crippen LogP contribution < -0.4 is 10.2 Å². The molecular formula is C17H23N3O2. The van der Waals surface area contributed by atoms with Gasteiger partial charge in [-0.1, -0.05) is 19.9 Å². The monoisotopic (exact) mass is 301 g/mol. The van der Waals surface area contributed by atoms with E-state index in [0.29, 0.717) is 18.9 Å². The van der Waals surface area contributed by atoms with Gasteiger partial charge in [0.1, 0.15) is 0 Å². The third kappa shape index (κ3) is 3.30. The number of fused-ring (bicyclic) bond motifs is 1. The Balaban J connectivity index is 2.20. The molecule has 0 aliphatic heterocycles. The second-order valence-electron chi connectivity index (χ2n) is 5.91. The zero-order valence-electron chi connectivity index (χ0n) is 13.6. The first-order valence-electron chi connectivity index (χ1n) is 7.47. The molecule has 0 radical (unpaired) electrons. The molecule has 0 bridgehead atoms. The molecule has 5 nitrogen and oxygen atoms in total. The minimum Gasteiger partial charge on any atom is -0.374 e. The minimum atomic E-state index is -0.260. The quantitative estimate of drug-likeness (QED) is 0.834. The van der Waals surface area contributed by atoms with Crippen molar-refractivity contribution >= 4 is 28.9 Å². The predicted molar refractivity (Wildman–Crippen MR) is 89.1 cm³/mol. The average molecular weight is 301 g/mol. The molecule has 0 saturated carbocycles. The fourth-order valence-electron chi connectivity index (χ4n) is 2.64. The Labute approximate surface area is 130 Å². The molecule has 0 aliphatic rings. The maximum absolute atomic E-state index is 11.4. The van der Waals surface area contributed by atoms with Crippen LogP contribution in [0.5, 0.6) is 0 Å². The van der Waals surface area contributed by atoms with Crippen LogP contribution in [0.3, 0.4) is 0 Å². The Morgan fingerprint density at radius 3 is 2.77 bits per heavy atom. The van der Waals surface area contributed by atoms with Crippen LogP contribution in [-0.2, 0) is 16.6 Å². The van der Waals surface area contributed by atoms with E-state index in [0.717, 1.165) is 5.69 Å². The molecule has 0 aliphatic carbocycles. The summed E-state index contributed by atoms with van der Waals surface area (Å²) in [7, 11) is 4.00. The summed E-state index contributed by atoms with van der Waals surface area (Å²) in [5.41, 5.74) is 3.59. The van der Waals surface area contributed by atoms with Crippen molar-refractivity contribution in [3.05, 3.63) is 30.0 Å². The van der Waals surface area contributed by atoms with Gasteiger partial charge in [-0.25, -0.2) is 0 Å². The number of hydrogen-bond donors (Lipinski definition) is 1. The van der Waals surface area contributed by atoms with Crippen molar-refractivity contribution in [1.29, 1.82) is 0 Å². The van der Waals surface area contributed by atoms with Crippen molar-refractivity contribution in [1.82, 2.24) is 9.88 Å². The maximum Gasteiger partial charge on any atom is 0.228 e. The van der Waals surface area contributed by atoms with Gasteiger partial charge in [0, 0.05) is 44.3 Å². The number of carbonyl (C=O) groups is 2. The topological polar surface area (TPSA) is 54.3 Å². The number of nitrogens with one attached hydrogen (secondary N) is 1. The van der Waals surface area contributed by atoms with E-state index in [1.54, 1.807) is 0 Å². The van der Waals surface area contributed by atoms with Crippen LogP contribution in [0.15, 0.2) is 24.4 Å². The molecule has 22 heavy (non-hydrogen) atoms. The van der Waals surface area contributed by atoms with Crippen LogP contribution in [-0.4, -0.2) is 30.5 Å². The fourth-order valence-corrected chi connectivity index (χ4v) is 2.64. The van der Waals surface area contributed by atoms with Gasteiger partial charge in [0.15, 0.2) is 0 Å². The first-order chi connectivity index (χ1) is 10.4. The van der Waals surface area contributed by atoms with Crippen molar-refractivity contribution in [3.8, 4) is 0 Å². The predicted octanol–water partition coefficient (Wildman–Crippen LogP) is 2.40. The van der Waals surface area contributed by atoms with Gasteiger partial charge in [-0.15, -0.1) is 0 Å². The molecule has 118 valence electrons. The summed E-state index contributed by atoms with van der Waals surface area (Å²) in [6.07, 6.45) is 2.89. The molecule has 0 unspecified atom stereocenters. The molecule has 1 aromatic carbocycles. The van der Waals surface area contributed by atoms with Crippen molar-refractivity contribution in [2.75, 3.05) is 18.5 Å². The smallest absolute Gasteiger partial charge is 0.228 e. The number of carbonyl (C=O) groups excluding carboxylic acids is 2. The van der Waals surface area contributed by atoms with Crippen LogP contribution in [0.2, 0.25) is 0 Å². The summed E-state index contributed by atoms with van der Waals surface area (Å²) < 4.78 is 2.14. The molecule has 2 aromatic rings. The van der Waals surface area contributed by atoms with Crippen LogP contribution in [0.1, 0.15) is 31.7 Å².